The second-order valence-electron chi connectivity index (χ2n) is 5.99. The minimum absolute atomic E-state index is 0.369. The van der Waals surface area contributed by atoms with Crippen molar-refractivity contribution < 1.29 is 0 Å². The first-order valence-electron chi connectivity index (χ1n) is 7.90. The molecular weight excluding hydrogens is 246 g/mol. The lowest BCUT2D eigenvalue weighted by molar-refractivity contribution is 0.0743. The average Bonchev–Trinajstić information content (AvgIpc) is 2.48. The summed E-state index contributed by atoms with van der Waals surface area (Å²) in [6, 6.07) is 9.85. The predicted octanol–water partition coefficient (Wildman–Crippen LogP) is 2.41. The molecule has 0 bridgehead atoms. The summed E-state index contributed by atoms with van der Waals surface area (Å²) in [5, 5.41) is 0. The zero-order valence-electron chi connectivity index (χ0n) is 13.2. The molecule has 2 rings (SSSR count). The number of benzene rings is 1. The van der Waals surface area contributed by atoms with Crippen molar-refractivity contribution in [2.24, 2.45) is 5.73 Å². The van der Waals surface area contributed by atoms with Crippen LogP contribution in [0.1, 0.15) is 37.4 Å². The van der Waals surface area contributed by atoms with Gasteiger partial charge in [-0.2, -0.15) is 0 Å². The van der Waals surface area contributed by atoms with Crippen LogP contribution in [0.15, 0.2) is 24.3 Å². The SMILES string of the molecule is CCC(C)N1CCN(C(CN)c2cccc(C)c2)CC1. The van der Waals surface area contributed by atoms with E-state index in [2.05, 4.69) is 54.8 Å². The molecule has 3 nitrogen and oxygen atoms in total. The summed E-state index contributed by atoms with van der Waals surface area (Å²) in [6.07, 6.45) is 1.23. The Balaban J connectivity index is 2.00. The van der Waals surface area contributed by atoms with Crippen LogP contribution < -0.4 is 5.73 Å². The first-order valence-corrected chi connectivity index (χ1v) is 7.90. The van der Waals surface area contributed by atoms with Crippen molar-refractivity contribution in [1.82, 2.24) is 9.80 Å². The molecular formula is C17H29N3. The maximum Gasteiger partial charge on any atom is 0.0471 e. The van der Waals surface area contributed by atoms with Gasteiger partial charge in [0.05, 0.1) is 0 Å². The molecule has 112 valence electrons. The summed E-state index contributed by atoms with van der Waals surface area (Å²) in [5.74, 6) is 0. The van der Waals surface area contributed by atoms with E-state index < -0.39 is 0 Å². The van der Waals surface area contributed by atoms with Crippen LogP contribution in [0.4, 0.5) is 0 Å². The number of aryl methyl sites for hydroxylation is 1. The van der Waals surface area contributed by atoms with E-state index in [-0.39, 0.29) is 0 Å². The van der Waals surface area contributed by atoms with Crippen LogP contribution in [-0.2, 0) is 0 Å². The zero-order chi connectivity index (χ0) is 14.5. The maximum atomic E-state index is 6.05. The number of hydrogen-bond donors (Lipinski definition) is 1. The number of nitrogens with two attached hydrogens (primary N) is 1. The Bertz CT molecular complexity index is 410. The maximum absolute atomic E-state index is 6.05. The molecule has 2 N–H and O–H groups in total. The first kappa shape index (κ1) is 15.5. The summed E-state index contributed by atoms with van der Waals surface area (Å²) >= 11 is 0. The van der Waals surface area contributed by atoms with Gasteiger partial charge in [0.15, 0.2) is 0 Å². The topological polar surface area (TPSA) is 32.5 Å². The van der Waals surface area contributed by atoms with Gasteiger partial charge in [-0.05, 0) is 25.8 Å². The van der Waals surface area contributed by atoms with Gasteiger partial charge >= 0.3 is 0 Å². The minimum Gasteiger partial charge on any atom is -0.329 e. The van der Waals surface area contributed by atoms with Gasteiger partial charge in [0, 0.05) is 44.8 Å². The smallest absolute Gasteiger partial charge is 0.0471 e. The monoisotopic (exact) mass is 275 g/mol. The number of piperazine rings is 1. The molecule has 0 aromatic heterocycles. The number of nitrogens with zero attached hydrogens (tertiary/aromatic N) is 2. The molecule has 0 saturated carbocycles. The van der Waals surface area contributed by atoms with Gasteiger partial charge in [-0.1, -0.05) is 36.8 Å². The highest BCUT2D eigenvalue weighted by Gasteiger charge is 2.25. The van der Waals surface area contributed by atoms with E-state index in [1.165, 1.54) is 17.5 Å². The summed E-state index contributed by atoms with van der Waals surface area (Å²) in [4.78, 5) is 5.15. The van der Waals surface area contributed by atoms with E-state index in [1.807, 2.05) is 0 Å². The molecule has 1 aliphatic rings. The lowest BCUT2D eigenvalue weighted by Gasteiger charge is -2.41. The fourth-order valence-electron chi connectivity index (χ4n) is 3.12. The van der Waals surface area contributed by atoms with Crippen LogP contribution >= 0.6 is 0 Å². The average molecular weight is 275 g/mol. The Morgan fingerprint density at radius 3 is 2.35 bits per heavy atom. The third kappa shape index (κ3) is 3.60. The molecule has 2 atom stereocenters. The van der Waals surface area contributed by atoms with Crippen molar-refractivity contribution in [3.8, 4) is 0 Å². The Morgan fingerprint density at radius 1 is 1.15 bits per heavy atom. The van der Waals surface area contributed by atoms with E-state index in [4.69, 9.17) is 5.73 Å². The fourth-order valence-corrected chi connectivity index (χ4v) is 3.12. The summed E-state index contributed by atoms with van der Waals surface area (Å²) < 4.78 is 0. The second kappa shape index (κ2) is 7.21. The molecule has 0 radical (unpaired) electrons. The van der Waals surface area contributed by atoms with Crippen molar-refractivity contribution in [2.75, 3.05) is 32.7 Å². The lowest BCUT2D eigenvalue weighted by atomic mass is 10.0. The summed E-state index contributed by atoms with van der Waals surface area (Å²) in [6.45, 7) is 12.0. The van der Waals surface area contributed by atoms with Gasteiger partial charge in [0.25, 0.3) is 0 Å². The van der Waals surface area contributed by atoms with Crippen molar-refractivity contribution in [2.45, 2.75) is 39.3 Å². The normalized spacial score (nSPS) is 20.8. The Kier molecular flexibility index (Phi) is 5.58. The molecule has 1 saturated heterocycles. The molecule has 1 heterocycles. The molecule has 0 aliphatic carbocycles. The van der Waals surface area contributed by atoms with Crippen LogP contribution in [-0.4, -0.2) is 48.6 Å². The van der Waals surface area contributed by atoms with E-state index in [0.29, 0.717) is 18.6 Å². The van der Waals surface area contributed by atoms with E-state index in [9.17, 15) is 0 Å². The molecule has 0 spiro atoms. The van der Waals surface area contributed by atoms with E-state index >= 15 is 0 Å². The predicted molar refractivity (Wildman–Crippen MR) is 85.9 cm³/mol. The Morgan fingerprint density at radius 2 is 1.80 bits per heavy atom. The second-order valence-corrected chi connectivity index (χ2v) is 5.99. The van der Waals surface area contributed by atoms with Crippen LogP contribution in [0.3, 0.4) is 0 Å². The van der Waals surface area contributed by atoms with Gasteiger partial charge in [0.1, 0.15) is 0 Å². The summed E-state index contributed by atoms with van der Waals surface area (Å²) in [5.41, 5.74) is 8.74. The number of hydrogen-bond acceptors (Lipinski definition) is 3. The molecule has 2 unspecified atom stereocenters. The standard InChI is InChI=1S/C17H29N3/c1-4-15(3)19-8-10-20(11-9-19)17(13-18)16-7-5-6-14(2)12-16/h5-7,12,15,17H,4,8-11,13,18H2,1-3H3. The fraction of sp³-hybridized carbons (Fsp3) is 0.647. The lowest BCUT2D eigenvalue weighted by Crippen LogP contribution is -2.51. The van der Waals surface area contributed by atoms with Gasteiger partial charge < -0.3 is 5.73 Å². The zero-order valence-corrected chi connectivity index (χ0v) is 13.2. The van der Waals surface area contributed by atoms with Crippen molar-refractivity contribution in [1.29, 1.82) is 0 Å². The van der Waals surface area contributed by atoms with Crippen LogP contribution in [0.5, 0.6) is 0 Å². The molecule has 20 heavy (non-hydrogen) atoms. The molecule has 1 aromatic rings. The highest BCUT2D eigenvalue weighted by molar-refractivity contribution is 5.25. The molecule has 1 aliphatic heterocycles. The van der Waals surface area contributed by atoms with Crippen LogP contribution in [0.2, 0.25) is 0 Å². The Labute approximate surface area is 123 Å². The molecule has 0 amide bonds. The highest BCUT2D eigenvalue weighted by Crippen LogP contribution is 2.22. The summed E-state index contributed by atoms with van der Waals surface area (Å²) in [7, 11) is 0. The van der Waals surface area contributed by atoms with Crippen molar-refractivity contribution in [3.63, 3.8) is 0 Å². The third-order valence-corrected chi connectivity index (χ3v) is 4.65. The van der Waals surface area contributed by atoms with E-state index in [1.54, 1.807) is 0 Å². The highest BCUT2D eigenvalue weighted by atomic mass is 15.3. The molecule has 3 heteroatoms. The van der Waals surface area contributed by atoms with Gasteiger partial charge in [0.2, 0.25) is 0 Å². The minimum atomic E-state index is 0.369. The van der Waals surface area contributed by atoms with Crippen LogP contribution in [0.25, 0.3) is 0 Å². The quantitative estimate of drug-likeness (QED) is 0.895. The van der Waals surface area contributed by atoms with Crippen molar-refractivity contribution >= 4 is 0 Å². The van der Waals surface area contributed by atoms with Gasteiger partial charge in [-0.3, -0.25) is 9.80 Å². The number of rotatable bonds is 5. The van der Waals surface area contributed by atoms with Gasteiger partial charge in [-0.25, -0.2) is 0 Å². The molecule has 1 aromatic carbocycles. The van der Waals surface area contributed by atoms with Crippen molar-refractivity contribution in [3.05, 3.63) is 35.4 Å². The largest absolute Gasteiger partial charge is 0.329 e. The van der Waals surface area contributed by atoms with E-state index in [0.717, 1.165) is 26.2 Å². The molecule has 1 fully saturated rings. The van der Waals surface area contributed by atoms with Gasteiger partial charge in [-0.15, -0.1) is 0 Å². The first-order chi connectivity index (χ1) is 9.65. The third-order valence-electron chi connectivity index (χ3n) is 4.65. The van der Waals surface area contributed by atoms with Crippen LogP contribution in [0, 0.1) is 6.92 Å². The Hall–Kier alpha value is -0.900.